The van der Waals surface area contributed by atoms with Gasteiger partial charge >= 0.3 is 5.97 Å². The van der Waals surface area contributed by atoms with Gasteiger partial charge < -0.3 is 10.1 Å². The van der Waals surface area contributed by atoms with E-state index in [1.807, 2.05) is 74.5 Å². The fraction of sp³-hybridized carbons (Fsp3) is 0.391. The Balaban J connectivity index is 2.07. The van der Waals surface area contributed by atoms with Crippen LogP contribution in [0.4, 0.5) is 0 Å². The Labute approximate surface area is 167 Å². The van der Waals surface area contributed by atoms with Crippen molar-refractivity contribution in [2.75, 3.05) is 13.2 Å². The number of nitrogens with one attached hydrogen (secondary N) is 1. The van der Waals surface area contributed by atoms with Crippen LogP contribution in [-0.4, -0.2) is 36.0 Å². The van der Waals surface area contributed by atoms with E-state index in [-0.39, 0.29) is 24.3 Å². The fourth-order valence-electron chi connectivity index (χ4n) is 3.00. The molecule has 0 radical (unpaired) electrons. The van der Waals surface area contributed by atoms with Crippen LogP contribution in [0.25, 0.3) is 0 Å². The molecule has 1 atom stereocenters. The van der Waals surface area contributed by atoms with Gasteiger partial charge in [-0.05, 0) is 24.0 Å². The van der Waals surface area contributed by atoms with Crippen molar-refractivity contribution in [2.45, 2.75) is 39.9 Å². The van der Waals surface area contributed by atoms with Crippen molar-refractivity contribution >= 4 is 11.9 Å². The second-order valence-corrected chi connectivity index (χ2v) is 7.16. The average molecular weight is 383 g/mol. The molecule has 0 bridgehead atoms. The molecule has 0 aliphatic heterocycles. The van der Waals surface area contributed by atoms with Crippen LogP contribution in [0, 0.1) is 5.92 Å². The summed E-state index contributed by atoms with van der Waals surface area (Å²) in [6.07, 6.45) is 0. The first kappa shape index (κ1) is 21.6. The standard InChI is InChI=1S/C23H30N2O3/c1-4-28-23(27)22(18(2)3)24-21(26)17-25(15-19-11-7-5-8-12-19)16-20-13-9-6-10-14-20/h5-14,18,22H,4,15-17H2,1-3H3,(H,24,26). The molecular weight excluding hydrogens is 352 g/mol. The molecule has 1 amide bonds. The summed E-state index contributed by atoms with van der Waals surface area (Å²) >= 11 is 0. The van der Waals surface area contributed by atoms with Gasteiger partial charge in [-0.2, -0.15) is 0 Å². The highest BCUT2D eigenvalue weighted by Gasteiger charge is 2.26. The maximum absolute atomic E-state index is 12.7. The quantitative estimate of drug-likeness (QED) is 0.640. The van der Waals surface area contributed by atoms with Gasteiger partial charge in [-0.1, -0.05) is 74.5 Å². The summed E-state index contributed by atoms with van der Waals surface area (Å²) in [5, 5.41) is 2.85. The van der Waals surface area contributed by atoms with Crippen LogP contribution in [0.3, 0.4) is 0 Å². The van der Waals surface area contributed by atoms with Crippen LogP contribution in [0.5, 0.6) is 0 Å². The number of esters is 1. The van der Waals surface area contributed by atoms with Crippen molar-refractivity contribution in [1.29, 1.82) is 0 Å². The third kappa shape index (κ3) is 7.16. The number of amides is 1. The van der Waals surface area contributed by atoms with E-state index in [1.165, 1.54) is 0 Å². The summed E-state index contributed by atoms with van der Waals surface area (Å²) in [5.74, 6) is -0.609. The maximum atomic E-state index is 12.7. The van der Waals surface area contributed by atoms with E-state index in [0.29, 0.717) is 19.7 Å². The number of carbonyl (C=O) groups is 2. The van der Waals surface area contributed by atoms with Crippen LogP contribution < -0.4 is 5.32 Å². The summed E-state index contributed by atoms with van der Waals surface area (Å²) < 4.78 is 5.10. The minimum Gasteiger partial charge on any atom is -0.464 e. The molecule has 0 spiro atoms. The molecule has 5 heteroatoms. The molecule has 2 aromatic rings. The fourth-order valence-corrected chi connectivity index (χ4v) is 3.00. The highest BCUT2D eigenvalue weighted by molar-refractivity contribution is 5.85. The van der Waals surface area contributed by atoms with Crippen LogP contribution >= 0.6 is 0 Å². The van der Waals surface area contributed by atoms with E-state index in [1.54, 1.807) is 6.92 Å². The topological polar surface area (TPSA) is 58.6 Å². The van der Waals surface area contributed by atoms with Crippen molar-refractivity contribution in [3.8, 4) is 0 Å². The van der Waals surface area contributed by atoms with Gasteiger partial charge in [0, 0.05) is 13.1 Å². The molecule has 0 aromatic heterocycles. The number of ether oxygens (including phenoxy) is 1. The third-order valence-electron chi connectivity index (χ3n) is 4.39. The molecule has 5 nitrogen and oxygen atoms in total. The van der Waals surface area contributed by atoms with Crippen molar-refractivity contribution in [3.63, 3.8) is 0 Å². The van der Waals surface area contributed by atoms with Gasteiger partial charge in [0.05, 0.1) is 13.2 Å². The number of hydrogen-bond donors (Lipinski definition) is 1. The van der Waals surface area contributed by atoms with Crippen molar-refractivity contribution in [1.82, 2.24) is 10.2 Å². The van der Waals surface area contributed by atoms with E-state index in [4.69, 9.17) is 4.74 Å². The van der Waals surface area contributed by atoms with Crippen LogP contribution in [0.1, 0.15) is 31.9 Å². The van der Waals surface area contributed by atoms with E-state index in [0.717, 1.165) is 11.1 Å². The van der Waals surface area contributed by atoms with Gasteiger partial charge in [0.15, 0.2) is 0 Å². The Morgan fingerprint density at radius 2 is 1.43 bits per heavy atom. The lowest BCUT2D eigenvalue weighted by molar-refractivity contribution is -0.148. The van der Waals surface area contributed by atoms with E-state index in [9.17, 15) is 9.59 Å². The summed E-state index contributed by atoms with van der Waals surface area (Å²) in [6.45, 7) is 7.35. The lowest BCUT2D eigenvalue weighted by Gasteiger charge is -2.25. The number of benzene rings is 2. The normalized spacial score (nSPS) is 12.0. The first-order chi connectivity index (χ1) is 13.5. The second-order valence-electron chi connectivity index (χ2n) is 7.16. The molecule has 0 aliphatic carbocycles. The number of rotatable bonds is 10. The molecule has 28 heavy (non-hydrogen) atoms. The molecule has 0 saturated heterocycles. The second kappa shape index (κ2) is 11.2. The number of nitrogens with zero attached hydrogens (tertiary/aromatic N) is 1. The summed E-state index contributed by atoms with van der Waals surface area (Å²) in [4.78, 5) is 26.9. The van der Waals surface area contributed by atoms with Gasteiger partial charge in [-0.3, -0.25) is 9.69 Å². The van der Waals surface area contributed by atoms with Crippen LogP contribution in [0.2, 0.25) is 0 Å². The maximum Gasteiger partial charge on any atom is 0.328 e. The Morgan fingerprint density at radius 1 is 0.929 bits per heavy atom. The Bertz CT molecular complexity index is 691. The predicted octanol–water partition coefficient (Wildman–Crippen LogP) is 3.39. The van der Waals surface area contributed by atoms with Crippen molar-refractivity contribution in [3.05, 3.63) is 71.8 Å². The monoisotopic (exact) mass is 382 g/mol. The zero-order valence-electron chi connectivity index (χ0n) is 16.9. The Hall–Kier alpha value is -2.66. The zero-order valence-corrected chi connectivity index (χ0v) is 16.9. The largest absolute Gasteiger partial charge is 0.464 e. The minimum absolute atomic E-state index is 0.0419. The Morgan fingerprint density at radius 3 is 1.86 bits per heavy atom. The van der Waals surface area contributed by atoms with Crippen molar-refractivity contribution in [2.24, 2.45) is 5.92 Å². The first-order valence-electron chi connectivity index (χ1n) is 9.75. The molecular formula is C23H30N2O3. The smallest absolute Gasteiger partial charge is 0.328 e. The highest BCUT2D eigenvalue weighted by atomic mass is 16.5. The van der Waals surface area contributed by atoms with Gasteiger partial charge in [0.2, 0.25) is 5.91 Å². The predicted molar refractivity (Wildman–Crippen MR) is 110 cm³/mol. The van der Waals surface area contributed by atoms with E-state index < -0.39 is 6.04 Å². The molecule has 1 N–H and O–H groups in total. The van der Waals surface area contributed by atoms with Gasteiger partial charge in [0.1, 0.15) is 6.04 Å². The molecule has 0 heterocycles. The van der Waals surface area contributed by atoms with Gasteiger partial charge in [0.25, 0.3) is 0 Å². The molecule has 2 rings (SSSR count). The molecule has 150 valence electrons. The first-order valence-corrected chi connectivity index (χ1v) is 9.75. The molecule has 0 saturated carbocycles. The lowest BCUT2D eigenvalue weighted by atomic mass is 10.0. The molecule has 1 unspecified atom stereocenters. The lowest BCUT2D eigenvalue weighted by Crippen LogP contribution is -2.48. The Kier molecular flexibility index (Phi) is 8.69. The third-order valence-corrected chi connectivity index (χ3v) is 4.39. The van der Waals surface area contributed by atoms with Crippen molar-refractivity contribution < 1.29 is 14.3 Å². The molecule has 2 aromatic carbocycles. The average Bonchev–Trinajstić information content (AvgIpc) is 2.67. The van der Waals surface area contributed by atoms with Crippen LogP contribution in [-0.2, 0) is 27.4 Å². The van der Waals surface area contributed by atoms with Gasteiger partial charge in [-0.15, -0.1) is 0 Å². The number of hydrogen-bond acceptors (Lipinski definition) is 4. The number of carbonyl (C=O) groups excluding carboxylic acids is 2. The zero-order chi connectivity index (χ0) is 20.4. The van der Waals surface area contributed by atoms with Crippen LogP contribution in [0.15, 0.2) is 60.7 Å². The summed E-state index contributed by atoms with van der Waals surface area (Å²) in [7, 11) is 0. The minimum atomic E-state index is -0.636. The van der Waals surface area contributed by atoms with Gasteiger partial charge in [-0.25, -0.2) is 4.79 Å². The SMILES string of the molecule is CCOC(=O)C(NC(=O)CN(Cc1ccccc1)Cc1ccccc1)C(C)C. The van der Waals surface area contributed by atoms with E-state index in [2.05, 4.69) is 10.2 Å². The highest BCUT2D eigenvalue weighted by Crippen LogP contribution is 2.11. The molecule has 0 fully saturated rings. The summed E-state index contributed by atoms with van der Waals surface area (Å²) in [6, 6.07) is 19.5. The molecule has 0 aliphatic rings. The summed E-state index contributed by atoms with van der Waals surface area (Å²) in [5.41, 5.74) is 2.27. The van der Waals surface area contributed by atoms with E-state index >= 15 is 0 Å².